The van der Waals surface area contributed by atoms with Crippen LogP contribution in [0.15, 0.2) is 29.4 Å². The lowest BCUT2D eigenvalue weighted by atomic mass is 10.0. The number of benzene rings is 1. The summed E-state index contributed by atoms with van der Waals surface area (Å²) in [7, 11) is 0. The number of hydrogen-bond acceptors (Lipinski definition) is 5. The number of non-ortho nitro benzene ring substituents is 1. The van der Waals surface area contributed by atoms with Crippen molar-refractivity contribution in [3.8, 4) is 0 Å². The van der Waals surface area contributed by atoms with Gasteiger partial charge in [0, 0.05) is 36.8 Å². The van der Waals surface area contributed by atoms with E-state index in [0.29, 0.717) is 11.9 Å². The SMILES string of the molecule is CC1=NN(C(=O)c2cccc([N+](=O)[O-])c2)[C@](O)(C(C)(F)F)C1. The first-order valence-corrected chi connectivity index (χ1v) is 6.29. The monoisotopic (exact) mass is 313 g/mol. The Hall–Kier alpha value is -2.42. The van der Waals surface area contributed by atoms with E-state index >= 15 is 0 Å². The number of alkyl halides is 2. The summed E-state index contributed by atoms with van der Waals surface area (Å²) >= 11 is 0. The lowest BCUT2D eigenvalue weighted by Gasteiger charge is -2.35. The molecular formula is C13H13F2N3O4. The number of hydrogen-bond donors (Lipinski definition) is 1. The van der Waals surface area contributed by atoms with E-state index in [0.717, 1.165) is 12.1 Å². The molecule has 0 fully saturated rings. The van der Waals surface area contributed by atoms with Crippen LogP contribution in [-0.4, -0.2) is 38.3 Å². The maximum atomic E-state index is 13.7. The summed E-state index contributed by atoms with van der Waals surface area (Å²) in [6.07, 6.45) is -0.503. The Morgan fingerprint density at radius 1 is 1.55 bits per heavy atom. The molecule has 2 rings (SSSR count). The van der Waals surface area contributed by atoms with Gasteiger partial charge in [0.1, 0.15) is 0 Å². The van der Waals surface area contributed by atoms with Crippen molar-refractivity contribution in [1.82, 2.24) is 5.01 Å². The highest BCUT2D eigenvalue weighted by molar-refractivity contribution is 5.98. The Bertz CT molecular complexity index is 671. The Morgan fingerprint density at radius 3 is 2.73 bits per heavy atom. The zero-order valence-corrected chi connectivity index (χ0v) is 11.8. The van der Waals surface area contributed by atoms with Crippen molar-refractivity contribution in [2.45, 2.75) is 31.9 Å². The number of nitrogens with zero attached hydrogens (tertiary/aromatic N) is 3. The van der Waals surface area contributed by atoms with Crippen molar-refractivity contribution < 1.29 is 23.6 Å². The van der Waals surface area contributed by atoms with E-state index < -0.39 is 28.9 Å². The van der Waals surface area contributed by atoms with Crippen LogP contribution in [0.25, 0.3) is 0 Å². The Morgan fingerprint density at radius 2 is 2.18 bits per heavy atom. The number of hydrazone groups is 1. The van der Waals surface area contributed by atoms with E-state index in [1.54, 1.807) is 0 Å². The second kappa shape index (κ2) is 5.09. The molecule has 1 aromatic rings. The van der Waals surface area contributed by atoms with Crippen molar-refractivity contribution in [3.05, 3.63) is 39.9 Å². The molecule has 0 bridgehead atoms. The molecule has 1 aliphatic rings. The molecule has 0 unspecified atom stereocenters. The molecule has 22 heavy (non-hydrogen) atoms. The Balaban J connectivity index is 2.43. The average molecular weight is 313 g/mol. The summed E-state index contributed by atoms with van der Waals surface area (Å²) in [5.74, 6) is -4.66. The van der Waals surface area contributed by atoms with Gasteiger partial charge in [-0.3, -0.25) is 14.9 Å². The number of carbonyl (C=O) groups is 1. The smallest absolute Gasteiger partial charge is 0.294 e. The number of amides is 1. The minimum Gasteiger partial charge on any atom is -0.364 e. The molecule has 118 valence electrons. The minimum absolute atomic E-state index is 0.155. The van der Waals surface area contributed by atoms with Gasteiger partial charge in [0.2, 0.25) is 5.72 Å². The highest BCUT2D eigenvalue weighted by Gasteiger charge is 2.58. The van der Waals surface area contributed by atoms with E-state index in [1.807, 2.05) is 0 Å². The molecule has 9 heteroatoms. The normalized spacial score (nSPS) is 21.7. The topological polar surface area (TPSA) is 96.0 Å². The fourth-order valence-corrected chi connectivity index (χ4v) is 2.15. The molecule has 0 aliphatic carbocycles. The molecule has 0 spiro atoms. The summed E-state index contributed by atoms with van der Waals surface area (Å²) in [5.41, 5.74) is -3.21. The number of carbonyl (C=O) groups excluding carboxylic acids is 1. The first-order valence-electron chi connectivity index (χ1n) is 6.29. The molecule has 1 aliphatic heterocycles. The van der Waals surface area contributed by atoms with Crippen molar-refractivity contribution in [2.75, 3.05) is 0 Å². The van der Waals surface area contributed by atoms with Gasteiger partial charge in [0.25, 0.3) is 17.5 Å². The predicted molar refractivity (Wildman–Crippen MR) is 72.6 cm³/mol. The van der Waals surface area contributed by atoms with E-state index in [2.05, 4.69) is 5.10 Å². The largest absolute Gasteiger partial charge is 0.364 e. The van der Waals surface area contributed by atoms with Gasteiger partial charge in [-0.1, -0.05) is 6.07 Å². The maximum Gasteiger partial charge on any atom is 0.294 e. The second-order valence-electron chi connectivity index (χ2n) is 5.14. The first-order chi connectivity index (χ1) is 10.1. The van der Waals surface area contributed by atoms with E-state index in [-0.39, 0.29) is 17.0 Å². The predicted octanol–water partition coefficient (Wildman–Crippen LogP) is 2.16. The van der Waals surface area contributed by atoms with E-state index in [9.17, 15) is 28.8 Å². The quantitative estimate of drug-likeness (QED) is 0.683. The van der Waals surface area contributed by atoms with E-state index in [1.165, 1.54) is 19.1 Å². The Labute approximate surface area is 124 Å². The lowest BCUT2D eigenvalue weighted by Crippen LogP contribution is -2.57. The third-order valence-electron chi connectivity index (χ3n) is 3.32. The highest BCUT2D eigenvalue weighted by Crippen LogP contribution is 2.39. The number of aliphatic hydroxyl groups is 1. The number of rotatable bonds is 3. The van der Waals surface area contributed by atoms with Crippen LogP contribution < -0.4 is 0 Å². The number of nitro benzene ring substituents is 1. The minimum atomic E-state index is -3.62. The average Bonchev–Trinajstić information content (AvgIpc) is 2.74. The van der Waals surface area contributed by atoms with Gasteiger partial charge in [-0.2, -0.15) is 10.1 Å². The summed E-state index contributed by atoms with van der Waals surface area (Å²) in [5, 5.41) is 24.8. The van der Waals surface area contributed by atoms with Crippen LogP contribution in [0, 0.1) is 10.1 Å². The first kappa shape index (κ1) is 16.0. The van der Waals surface area contributed by atoms with Crippen LogP contribution in [-0.2, 0) is 0 Å². The zero-order valence-electron chi connectivity index (χ0n) is 11.8. The highest BCUT2D eigenvalue weighted by atomic mass is 19.3. The number of nitro groups is 1. The summed E-state index contributed by atoms with van der Waals surface area (Å²) < 4.78 is 27.4. The Kier molecular flexibility index (Phi) is 3.69. The number of halogens is 2. The van der Waals surface area contributed by atoms with Crippen LogP contribution in [0.3, 0.4) is 0 Å². The molecule has 0 saturated heterocycles. The molecule has 0 radical (unpaired) electrons. The van der Waals surface area contributed by atoms with Gasteiger partial charge in [0.05, 0.1) is 4.92 Å². The van der Waals surface area contributed by atoms with Crippen LogP contribution in [0.2, 0.25) is 0 Å². The van der Waals surface area contributed by atoms with Crippen molar-refractivity contribution in [3.63, 3.8) is 0 Å². The van der Waals surface area contributed by atoms with Gasteiger partial charge in [-0.15, -0.1) is 0 Å². The molecule has 1 heterocycles. The molecule has 0 aromatic heterocycles. The fourth-order valence-electron chi connectivity index (χ4n) is 2.15. The van der Waals surface area contributed by atoms with Crippen LogP contribution in [0.4, 0.5) is 14.5 Å². The van der Waals surface area contributed by atoms with Gasteiger partial charge < -0.3 is 5.11 Å². The molecule has 0 saturated carbocycles. The maximum absolute atomic E-state index is 13.7. The van der Waals surface area contributed by atoms with Crippen LogP contribution in [0.5, 0.6) is 0 Å². The third-order valence-corrected chi connectivity index (χ3v) is 3.32. The summed E-state index contributed by atoms with van der Waals surface area (Å²) in [6, 6.07) is 4.59. The van der Waals surface area contributed by atoms with Crippen LogP contribution in [0.1, 0.15) is 30.6 Å². The van der Waals surface area contributed by atoms with Crippen molar-refractivity contribution >= 4 is 17.3 Å². The van der Waals surface area contributed by atoms with Gasteiger partial charge in [-0.05, 0) is 13.0 Å². The van der Waals surface area contributed by atoms with Gasteiger partial charge in [-0.25, -0.2) is 8.78 Å². The van der Waals surface area contributed by atoms with E-state index in [4.69, 9.17) is 0 Å². The van der Waals surface area contributed by atoms with Crippen LogP contribution >= 0.6 is 0 Å². The summed E-state index contributed by atoms with van der Waals surface area (Å²) in [6.45, 7) is 1.88. The van der Waals surface area contributed by atoms with Crippen molar-refractivity contribution in [2.24, 2.45) is 5.10 Å². The molecule has 1 amide bonds. The third kappa shape index (κ3) is 2.54. The molecular weight excluding hydrogens is 300 g/mol. The summed E-state index contributed by atoms with van der Waals surface area (Å²) in [4.78, 5) is 22.3. The van der Waals surface area contributed by atoms with Gasteiger partial charge in [0.15, 0.2) is 0 Å². The molecule has 1 N–H and O–H groups in total. The van der Waals surface area contributed by atoms with Crippen molar-refractivity contribution in [1.29, 1.82) is 0 Å². The lowest BCUT2D eigenvalue weighted by molar-refractivity contribution is -0.384. The second-order valence-corrected chi connectivity index (χ2v) is 5.14. The molecule has 1 aromatic carbocycles. The fraction of sp³-hybridized carbons (Fsp3) is 0.385. The standard InChI is InChI=1S/C13H13F2N3O4/c1-8-7-13(20,12(2,14)15)17(16-8)11(19)9-4-3-5-10(6-9)18(21)22/h3-6,20H,7H2,1-2H3/t13-/m1/s1. The molecule has 1 atom stereocenters. The van der Waals surface area contributed by atoms with Gasteiger partial charge >= 0.3 is 0 Å². The molecule has 7 nitrogen and oxygen atoms in total. The zero-order chi connectivity index (χ0) is 16.7.